The molecule has 5 N–H and O–H groups in total. The maximum absolute atomic E-state index is 13.4. The molecule has 0 bridgehead atoms. The van der Waals surface area contributed by atoms with E-state index in [0.717, 1.165) is 4.90 Å². The standard InChI is InChI=1S/C22H34N4O6/c1-14(2)24-19(29)18(15-9-7-6-8-10-15)26(11-12-27)20(30)16(13-17(23)28)25-21(31)32-22(3,4)5/h6-10,14,16,18,27H,11-13H2,1-5H3,(H2,23,28)(H,24,29)(H,25,31). The molecule has 0 aliphatic rings. The molecule has 0 saturated carbocycles. The van der Waals surface area contributed by atoms with Gasteiger partial charge in [-0.2, -0.15) is 0 Å². The molecule has 1 aromatic carbocycles. The summed E-state index contributed by atoms with van der Waals surface area (Å²) < 4.78 is 5.18. The van der Waals surface area contributed by atoms with E-state index >= 15 is 0 Å². The first-order valence-electron chi connectivity index (χ1n) is 10.4. The molecule has 1 aromatic rings. The lowest BCUT2D eigenvalue weighted by molar-refractivity contribution is -0.144. The number of aliphatic hydroxyl groups is 1. The Kier molecular flexibility index (Phi) is 10.1. The second kappa shape index (κ2) is 12.0. The van der Waals surface area contributed by atoms with Crippen LogP contribution in [0.5, 0.6) is 0 Å². The van der Waals surface area contributed by atoms with Crippen molar-refractivity contribution in [2.24, 2.45) is 5.73 Å². The van der Waals surface area contributed by atoms with Gasteiger partial charge < -0.3 is 31.1 Å². The summed E-state index contributed by atoms with van der Waals surface area (Å²) in [7, 11) is 0. The van der Waals surface area contributed by atoms with Crippen LogP contribution in [-0.4, -0.2) is 64.7 Å². The molecule has 0 radical (unpaired) electrons. The molecule has 10 heteroatoms. The van der Waals surface area contributed by atoms with E-state index in [2.05, 4.69) is 10.6 Å². The summed E-state index contributed by atoms with van der Waals surface area (Å²) in [5, 5.41) is 14.7. The molecule has 178 valence electrons. The normalized spacial score (nSPS) is 13.1. The molecule has 0 spiro atoms. The van der Waals surface area contributed by atoms with Crippen molar-refractivity contribution in [3.05, 3.63) is 35.9 Å². The molecule has 2 atom stereocenters. The van der Waals surface area contributed by atoms with Gasteiger partial charge in [0.1, 0.15) is 17.7 Å². The van der Waals surface area contributed by atoms with E-state index < -0.39 is 54.5 Å². The predicted molar refractivity (Wildman–Crippen MR) is 118 cm³/mol. The molecule has 0 saturated heterocycles. The maximum Gasteiger partial charge on any atom is 0.408 e. The number of hydrogen-bond donors (Lipinski definition) is 4. The van der Waals surface area contributed by atoms with Crippen LogP contribution in [0.25, 0.3) is 0 Å². The highest BCUT2D eigenvalue weighted by Crippen LogP contribution is 2.23. The zero-order valence-corrected chi connectivity index (χ0v) is 19.3. The molecule has 32 heavy (non-hydrogen) atoms. The van der Waals surface area contributed by atoms with Gasteiger partial charge in [0.2, 0.25) is 17.7 Å². The number of amides is 4. The number of ether oxygens (including phenoxy) is 1. The Bertz CT molecular complexity index is 791. The van der Waals surface area contributed by atoms with Gasteiger partial charge in [0, 0.05) is 12.6 Å². The first-order chi connectivity index (χ1) is 14.9. The molecule has 0 aliphatic carbocycles. The van der Waals surface area contributed by atoms with E-state index in [9.17, 15) is 24.3 Å². The van der Waals surface area contributed by atoms with Crippen LogP contribution in [0.4, 0.5) is 4.79 Å². The van der Waals surface area contributed by atoms with E-state index in [1.807, 2.05) is 0 Å². The van der Waals surface area contributed by atoms with E-state index in [0.29, 0.717) is 5.56 Å². The van der Waals surface area contributed by atoms with Gasteiger partial charge in [-0.1, -0.05) is 30.3 Å². The Hall–Kier alpha value is -3.14. The number of aliphatic hydroxyl groups excluding tert-OH is 1. The first kappa shape index (κ1) is 26.9. The minimum Gasteiger partial charge on any atom is -0.444 e. The Morgan fingerprint density at radius 3 is 2.16 bits per heavy atom. The zero-order valence-electron chi connectivity index (χ0n) is 19.3. The quantitative estimate of drug-likeness (QED) is 0.415. The number of nitrogens with zero attached hydrogens (tertiary/aromatic N) is 1. The lowest BCUT2D eigenvalue weighted by Crippen LogP contribution is -2.55. The van der Waals surface area contributed by atoms with Crippen molar-refractivity contribution >= 4 is 23.8 Å². The average Bonchev–Trinajstić information content (AvgIpc) is 2.65. The van der Waals surface area contributed by atoms with Gasteiger partial charge in [-0.15, -0.1) is 0 Å². The summed E-state index contributed by atoms with van der Waals surface area (Å²) in [6.07, 6.45) is -1.42. The molecular weight excluding hydrogens is 416 g/mol. The zero-order chi connectivity index (χ0) is 24.5. The van der Waals surface area contributed by atoms with Gasteiger partial charge in [0.15, 0.2) is 0 Å². The van der Waals surface area contributed by atoms with Crippen molar-refractivity contribution < 1.29 is 29.0 Å². The summed E-state index contributed by atoms with van der Waals surface area (Å²) in [6, 6.07) is 5.85. The van der Waals surface area contributed by atoms with Crippen molar-refractivity contribution in [1.82, 2.24) is 15.5 Å². The number of nitrogens with two attached hydrogens (primary N) is 1. The summed E-state index contributed by atoms with van der Waals surface area (Å²) in [4.78, 5) is 51.5. The fourth-order valence-electron chi connectivity index (χ4n) is 3.00. The summed E-state index contributed by atoms with van der Waals surface area (Å²) in [5.74, 6) is -2.05. The highest BCUT2D eigenvalue weighted by atomic mass is 16.6. The third kappa shape index (κ3) is 8.93. The van der Waals surface area contributed by atoms with E-state index in [1.54, 1.807) is 65.0 Å². The van der Waals surface area contributed by atoms with Crippen LogP contribution in [0, 0.1) is 0 Å². The Labute approximate surface area is 188 Å². The van der Waals surface area contributed by atoms with Gasteiger partial charge in [-0.3, -0.25) is 14.4 Å². The highest BCUT2D eigenvalue weighted by molar-refractivity contribution is 5.94. The van der Waals surface area contributed by atoms with Crippen LogP contribution in [0.2, 0.25) is 0 Å². The van der Waals surface area contributed by atoms with Crippen molar-refractivity contribution in [2.45, 2.75) is 64.8 Å². The van der Waals surface area contributed by atoms with Crippen LogP contribution < -0.4 is 16.4 Å². The molecule has 2 unspecified atom stereocenters. The number of nitrogens with one attached hydrogen (secondary N) is 2. The number of hydrogen-bond acceptors (Lipinski definition) is 6. The van der Waals surface area contributed by atoms with Crippen LogP contribution in [0.1, 0.15) is 52.6 Å². The predicted octanol–water partition coefficient (Wildman–Crippen LogP) is 0.842. The molecule has 0 aromatic heterocycles. The molecule has 0 heterocycles. The van der Waals surface area contributed by atoms with Crippen LogP contribution in [0.15, 0.2) is 30.3 Å². The van der Waals surface area contributed by atoms with Crippen LogP contribution >= 0.6 is 0 Å². The van der Waals surface area contributed by atoms with Gasteiger partial charge in [-0.25, -0.2) is 4.79 Å². The van der Waals surface area contributed by atoms with E-state index in [1.165, 1.54) is 0 Å². The lowest BCUT2D eigenvalue weighted by Gasteiger charge is -2.34. The first-order valence-corrected chi connectivity index (χ1v) is 10.4. The number of alkyl carbamates (subject to hydrolysis) is 1. The average molecular weight is 451 g/mol. The monoisotopic (exact) mass is 450 g/mol. The van der Waals surface area contributed by atoms with Crippen molar-refractivity contribution in [3.8, 4) is 0 Å². The van der Waals surface area contributed by atoms with Crippen molar-refractivity contribution in [3.63, 3.8) is 0 Å². The summed E-state index contributed by atoms with van der Waals surface area (Å²) in [6.45, 7) is 7.84. The topological polar surface area (TPSA) is 151 Å². The third-order valence-electron chi connectivity index (χ3n) is 4.12. The molecule has 0 aliphatic heterocycles. The van der Waals surface area contributed by atoms with Gasteiger partial charge in [0.25, 0.3) is 0 Å². The minimum absolute atomic E-state index is 0.207. The molecule has 10 nitrogen and oxygen atoms in total. The largest absolute Gasteiger partial charge is 0.444 e. The Morgan fingerprint density at radius 2 is 1.69 bits per heavy atom. The smallest absolute Gasteiger partial charge is 0.408 e. The van der Waals surface area contributed by atoms with Gasteiger partial charge >= 0.3 is 6.09 Å². The van der Waals surface area contributed by atoms with Crippen LogP contribution in [0.3, 0.4) is 0 Å². The SMILES string of the molecule is CC(C)NC(=O)C(c1ccccc1)N(CCO)C(=O)C(CC(N)=O)NC(=O)OC(C)(C)C. The maximum atomic E-state index is 13.4. The van der Waals surface area contributed by atoms with Crippen LogP contribution in [-0.2, 0) is 19.1 Å². The number of primary amides is 1. The fraction of sp³-hybridized carbons (Fsp3) is 0.545. The fourth-order valence-corrected chi connectivity index (χ4v) is 3.00. The molecular formula is C22H34N4O6. The van der Waals surface area contributed by atoms with E-state index in [-0.39, 0.29) is 12.6 Å². The van der Waals surface area contributed by atoms with Crippen molar-refractivity contribution in [1.29, 1.82) is 0 Å². The third-order valence-corrected chi connectivity index (χ3v) is 4.12. The number of carbonyl (C=O) groups is 4. The lowest BCUT2D eigenvalue weighted by atomic mass is 10.0. The Morgan fingerprint density at radius 1 is 1.09 bits per heavy atom. The van der Waals surface area contributed by atoms with Gasteiger partial charge in [-0.05, 0) is 40.2 Å². The number of carbonyl (C=O) groups excluding carboxylic acids is 4. The second-order valence-corrected chi connectivity index (χ2v) is 8.60. The summed E-state index contributed by atoms with van der Waals surface area (Å²) >= 11 is 0. The highest BCUT2D eigenvalue weighted by Gasteiger charge is 2.36. The van der Waals surface area contributed by atoms with Gasteiger partial charge in [0.05, 0.1) is 13.0 Å². The molecule has 1 rings (SSSR count). The van der Waals surface area contributed by atoms with E-state index in [4.69, 9.17) is 10.5 Å². The number of rotatable bonds is 10. The van der Waals surface area contributed by atoms with Crippen molar-refractivity contribution in [2.75, 3.05) is 13.2 Å². The Balaban J connectivity index is 3.35. The minimum atomic E-state index is -1.38. The second-order valence-electron chi connectivity index (χ2n) is 8.60. The number of benzene rings is 1. The molecule has 4 amide bonds. The summed E-state index contributed by atoms with van der Waals surface area (Å²) in [5.41, 5.74) is 4.96. The molecule has 0 fully saturated rings.